The smallest absolute Gasteiger partial charge is 0.261 e. The molecule has 2 heterocycles. The van der Waals surface area contributed by atoms with Gasteiger partial charge in [0.2, 0.25) is 0 Å². The Labute approximate surface area is 176 Å². The maximum Gasteiger partial charge on any atom is 0.261 e. The molecule has 2 aromatic rings. The highest BCUT2D eigenvalue weighted by Gasteiger charge is 2.33. The molecule has 0 unspecified atom stereocenters. The number of likely N-dealkylation sites (tertiary alicyclic amines) is 1. The van der Waals surface area contributed by atoms with E-state index in [1.54, 1.807) is 4.90 Å². The first-order chi connectivity index (χ1) is 14.3. The highest BCUT2D eigenvalue weighted by Crippen LogP contribution is 2.33. The summed E-state index contributed by atoms with van der Waals surface area (Å²) in [4.78, 5) is 42.6. The van der Waals surface area contributed by atoms with Crippen molar-refractivity contribution in [1.29, 1.82) is 0 Å². The third kappa shape index (κ3) is 4.32. The molecule has 30 heavy (non-hydrogen) atoms. The van der Waals surface area contributed by atoms with Gasteiger partial charge in [-0.3, -0.25) is 14.4 Å². The minimum absolute atomic E-state index is 0.0108. The molecule has 1 saturated heterocycles. The molecule has 2 aliphatic rings. The van der Waals surface area contributed by atoms with Crippen molar-refractivity contribution in [2.45, 2.75) is 39.5 Å². The molecule has 1 amide bonds. The van der Waals surface area contributed by atoms with Crippen LogP contribution in [0.5, 0.6) is 5.75 Å². The van der Waals surface area contributed by atoms with Crippen LogP contribution in [-0.2, 0) is 6.42 Å². The van der Waals surface area contributed by atoms with Gasteiger partial charge in [0.15, 0.2) is 5.78 Å². The first kappa shape index (κ1) is 20.4. The molecule has 0 bridgehead atoms. The number of hydrogen-bond acceptors (Lipinski definition) is 4. The van der Waals surface area contributed by atoms with Gasteiger partial charge in [0.25, 0.3) is 11.5 Å². The zero-order chi connectivity index (χ0) is 21.3. The zero-order valence-electron chi connectivity index (χ0n) is 17.6. The molecule has 0 saturated carbocycles. The van der Waals surface area contributed by atoms with Gasteiger partial charge in [-0.15, -0.1) is 0 Å². The van der Waals surface area contributed by atoms with Crippen molar-refractivity contribution in [2.24, 2.45) is 11.3 Å². The Balaban J connectivity index is 1.40. The van der Waals surface area contributed by atoms with E-state index in [-0.39, 0.29) is 22.7 Å². The number of piperidine rings is 1. The van der Waals surface area contributed by atoms with Crippen LogP contribution in [0.15, 0.2) is 41.2 Å². The molecular formula is C24H28N2O4. The van der Waals surface area contributed by atoms with Crippen molar-refractivity contribution in [2.75, 3.05) is 19.7 Å². The lowest BCUT2D eigenvalue weighted by atomic mass is 9.75. The number of ketones is 1. The molecule has 0 radical (unpaired) electrons. The molecule has 6 heteroatoms. The standard InChI is InChI=1S/C24H28N2O4/c1-24(2)13-20-18(21(27)14-24)12-19(22(28)25-20)23(29)26-10-8-16(9-11-26)15-30-17-6-4-3-5-7-17/h3-7,12,16H,8-11,13-15H2,1-2H3,(H,25,28). The number of aromatic nitrogens is 1. The topological polar surface area (TPSA) is 79.5 Å². The zero-order valence-corrected chi connectivity index (χ0v) is 17.6. The van der Waals surface area contributed by atoms with E-state index in [9.17, 15) is 14.4 Å². The predicted molar refractivity (Wildman–Crippen MR) is 114 cm³/mol. The van der Waals surface area contributed by atoms with Crippen LogP contribution in [0, 0.1) is 11.3 Å². The van der Waals surface area contributed by atoms with E-state index in [1.165, 1.54) is 6.07 Å². The number of pyridine rings is 1. The average molecular weight is 408 g/mol. The second kappa shape index (κ2) is 8.09. The van der Waals surface area contributed by atoms with Crippen molar-refractivity contribution >= 4 is 11.7 Å². The third-order valence-electron chi connectivity index (χ3n) is 6.08. The van der Waals surface area contributed by atoms with E-state index in [0.29, 0.717) is 49.7 Å². The number of ether oxygens (including phenoxy) is 1. The van der Waals surface area contributed by atoms with Gasteiger partial charge in [-0.2, -0.15) is 0 Å². The number of nitrogens with zero attached hydrogens (tertiary/aromatic N) is 1. The summed E-state index contributed by atoms with van der Waals surface area (Å²) >= 11 is 0. The number of carbonyl (C=O) groups is 2. The van der Waals surface area contributed by atoms with Gasteiger partial charge in [-0.05, 0) is 48.8 Å². The normalized spacial score (nSPS) is 18.7. The monoisotopic (exact) mass is 408 g/mol. The SMILES string of the molecule is CC1(C)CC(=O)c2cc(C(=O)N3CCC(COc4ccccc4)CC3)c(=O)[nH]c2C1. The molecule has 1 aliphatic heterocycles. The molecule has 1 aromatic carbocycles. The van der Waals surface area contributed by atoms with Crippen molar-refractivity contribution < 1.29 is 14.3 Å². The second-order valence-corrected chi connectivity index (χ2v) is 9.20. The highest BCUT2D eigenvalue weighted by molar-refractivity contribution is 6.02. The van der Waals surface area contributed by atoms with Gasteiger partial charge in [0.1, 0.15) is 11.3 Å². The van der Waals surface area contributed by atoms with Crippen LogP contribution < -0.4 is 10.3 Å². The summed E-state index contributed by atoms with van der Waals surface area (Å²) in [6, 6.07) is 11.2. The fourth-order valence-corrected chi connectivity index (χ4v) is 4.39. The van der Waals surface area contributed by atoms with Crippen molar-refractivity contribution in [3.05, 3.63) is 63.6 Å². The predicted octanol–water partition coefficient (Wildman–Crippen LogP) is 3.46. The van der Waals surface area contributed by atoms with Crippen LogP contribution in [-0.4, -0.2) is 41.3 Å². The summed E-state index contributed by atoms with van der Waals surface area (Å²) < 4.78 is 5.84. The Hall–Kier alpha value is -2.89. The molecule has 1 aromatic heterocycles. The number of rotatable bonds is 4. The number of para-hydroxylation sites is 1. The van der Waals surface area contributed by atoms with E-state index >= 15 is 0 Å². The molecule has 1 aliphatic carbocycles. The van der Waals surface area contributed by atoms with Crippen LogP contribution in [0.1, 0.15) is 59.5 Å². The van der Waals surface area contributed by atoms with E-state index in [4.69, 9.17) is 4.74 Å². The van der Waals surface area contributed by atoms with Crippen LogP contribution in [0.2, 0.25) is 0 Å². The number of Topliss-reactive ketones (excluding diaryl/α,β-unsaturated/α-hetero) is 1. The lowest BCUT2D eigenvalue weighted by molar-refractivity contribution is 0.0659. The lowest BCUT2D eigenvalue weighted by Crippen LogP contribution is -2.42. The van der Waals surface area contributed by atoms with Crippen LogP contribution in [0.4, 0.5) is 0 Å². The lowest BCUT2D eigenvalue weighted by Gasteiger charge is -2.32. The van der Waals surface area contributed by atoms with E-state index in [0.717, 1.165) is 18.6 Å². The van der Waals surface area contributed by atoms with Crippen molar-refractivity contribution in [1.82, 2.24) is 9.88 Å². The summed E-state index contributed by atoms with van der Waals surface area (Å²) in [6.07, 6.45) is 2.71. The molecule has 0 atom stereocenters. The number of benzene rings is 1. The van der Waals surface area contributed by atoms with Crippen LogP contribution >= 0.6 is 0 Å². The number of amides is 1. The number of fused-ring (bicyclic) bond motifs is 1. The number of aromatic amines is 1. The highest BCUT2D eigenvalue weighted by atomic mass is 16.5. The summed E-state index contributed by atoms with van der Waals surface area (Å²) in [6.45, 7) is 5.81. The minimum Gasteiger partial charge on any atom is -0.493 e. The summed E-state index contributed by atoms with van der Waals surface area (Å²) in [5, 5.41) is 0. The van der Waals surface area contributed by atoms with Gasteiger partial charge < -0.3 is 14.6 Å². The molecular weight excluding hydrogens is 380 g/mol. The number of H-pyrrole nitrogens is 1. The number of hydrogen-bond donors (Lipinski definition) is 1. The molecule has 158 valence electrons. The van der Waals surface area contributed by atoms with E-state index < -0.39 is 5.56 Å². The Morgan fingerprint density at radius 2 is 1.83 bits per heavy atom. The summed E-state index contributed by atoms with van der Waals surface area (Å²) in [5.41, 5.74) is 0.625. The third-order valence-corrected chi connectivity index (χ3v) is 6.08. The maximum atomic E-state index is 13.0. The first-order valence-corrected chi connectivity index (χ1v) is 10.6. The van der Waals surface area contributed by atoms with Gasteiger partial charge in [0.05, 0.1) is 6.61 Å². The summed E-state index contributed by atoms with van der Waals surface area (Å²) in [7, 11) is 0. The Morgan fingerprint density at radius 1 is 1.13 bits per heavy atom. The van der Waals surface area contributed by atoms with Crippen LogP contribution in [0.25, 0.3) is 0 Å². The second-order valence-electron chi connectivity index (χ2n) is 9.20. The van der Waals surface area contributed by atoms with Crippen LogP contribution in [0.3, 0.4) is 0 Å². The fourth-order valence-electron chi connectivity index (χ4n) is 4.39. The maximum absolute atomic E-state index is 13.0. The number of carbonyl (C=O) groups excluding carboxylic acids is 2. The van der Waals surface area contributed by atoms with E-state index in [2.05, 4.69) is 4.98 Å². The Kier molecular flexibility index (Phi) is 5.50. The fraction of sp³-hybridized carbons (Fsp3) is 0.458. The van der Waals surface area contributed by atoms with Gasteiger partial charge >= 0.3 is 0 Å². The molecule has 1 N–H and O–H groups in total. The first-order valence-electron chi connectivity index (χ1n) is 10.6. The molecule has 6 nitrogen and oxygen atoms in total. The number of nitrogens with one attached hydrogen (secondary N) is 1. The van der Waals surface area contributed by atoms with Gasteiger partial charge in [-0.25, -0.2) is 0 Å². The van der Waals surface area contributed by atoms with Crippen molar-refractivity contribution in [3.63, 3.8) is 0 Å². The van der Waals surface area contributed by atoms with Gasteiger partial charge in [-0.1, -0.05) is 32.0 Å². The Morgan fingerprint density at radius 3 is 2.53 bits per heavy atom. The molecule has 0 spiro atoms. The molecule has 4 rings (SSSR count). The van der Waals surface area contributed by atoms with Crippen molar-refractivity contribution in [3.8, 4) is 5.75 Å². The summed E-state index contributed by atoms with van der Waals surface area (Å²) in [5.74, 6) is 0.923. The van der Waals surface area contributed by atoms with Gasteiger partial charge in [0, 0.05) is 30.8 Å². The molecule has 1 fully saturated rings. The Bertz CT molecular complexity index is 1000. The largest absolute Gasteiger partial charge is 0.493 e. The van der Waals surface area contributed by atoms with E-state index in [1.807, 2.05) is 44.2 Å². The minimum atomic E-state index is -0.404. The quantitative estimate of drug-likeness (QED) is 0.840. The average Bonchev–Trinajstić information content (AvgIpc) is 2.71.